The third kappa shape index (κ3) is 3.10. The Morgan fingerprint density at radius 2 is 2.21 bits per heavy atom. The summed E-state index contributed by atoms with van der Waals surface area (Å²) in [4.78, 5) is 0. The summed E-state index contributed by atoms with van der Waals surface area (Å²) in [5.74, 6) is 2.48. The van der Waals surface area contributed by atoms with Crippen molar-refractivity contribution in [2.24, 2.45) is 0 Å². The maximum atomic E-state index is 5.83. The second-order valence-electron chi connectivity index (χ2n) is 3.04. The summed E-state index contributed by atoms with van der Waals surface area (Å²) in [6.07, 6.45) is 2.07. The molecular weight excluding hydrogens is 216 g/mol. The molecule has 0 N–H and O–H groups in total. The fourth-order valence-electron chi connectivity index (χ4n) is 1.25. The lowest BCUT2D eigenvalue weighted by atomic mass is 10.1. The largest absolute Gasteiger partial charge is 0.492 e. The van der Waals surface area contributed by atoms with Crippen molar-refractivity contribution >= 4 is 23.4 Å². The van der Waals surface area contributed by atoms with Crippen LogP contribution < -0.4 is 4.74 Å². The Hall–Kier alpha value is -0.340. The Labute approximate surface area is 94.8 Å². The number of rotatable bonds is 5. The minimum absolute atomic E-state index is 0.510. The first kappa shape index (κ1) is 11.7. The Morgan fingerprint density at radius 1 is 1.43 bits per heavy atom. The quantitative estimate of drug-likeness (QED) is 0.566. The van der Waals surface area contributed by atoms with Crippen LogP contribution in [0.4, 0.5) is 0 Å². The van der Waals surface area contributed by atoms with E-state index in [0.717, 1.165) is 29.2 Å². The van der Waals surface area contributed by atoms with Crippen molar-refractivity contribution in [1.29, 1.82) is 0 Å². The van der Waals surface area contributed by atoms with Crippen molar-refractivity contribution < 1.29 is 4.74 Å². The molecule has 0 heterocycles. The molecule has 1 aromatic rings. The SMILES string of the molecule is CSCCOc1c(C)cccc1CCl. The number of alkyl halides is 1. The van der Waals surface area contributed by atoms with Crippen LogP contribution >= 0.6 is 23.4 Å². The fourth-order valence-corrected chi connectivity index (χ4v) is 1.71. The smallest absolute Gasteiger partial charge is 0.126 e. The van der Waals surface area contributed by atoms with Gasteiger partial charge in [0.1, 0.15) is 5.75 Å². The molecule has 0 unspecified atom stereocenters. The van der Waals surface area contributed by atoms with E-state index in [-0.39, 0.29) is 0 Å². The van der Waals surface area contributed by atoms with Crippen LogP contribution in [0, 0.1) is 6.92 Å². The number of para-hydroxylation sites is 1. The molecule has 0 aliphatic carbocycles. The summed E-state index contributed by atoms with van der Waals surface area (Å²) in [6, 6.07) is 6.06. The second-order valence-corrected chi connectivity index (χ2v) is 4.29. The first-order valence-corrected chi connectivity index (χ1v) is 6.48. The molecule has 0 saturated heterocycles. The van der Waals surface area contributed by atoms with E-state index < -0.39 is 0 Å². The molecule has 0 aliphatic heterocycles. The molecule has 0 amide bonds. The van der Waals surface area contributed by atoms with Crippen molar-refractivity contribution in [3.05, 3.63) is 29.3 Å². The van der Waals surface area contributed by atoms with Crippen molar-refractivity contribution in [3.8, 4) is 5.75 Å². The van der Waals surface area contributed by atoms with Crippen LogP contribution in [0.5, 0.6) is 5.75 Å². The van der Waals surface area contributed by atoms with Crippen LogP contribution in [-0.4, -0.2) is 18.6 Å². The van der Waals surface area contributed by atoms with Crippen molar-refractivity contribution in [2.75, 3.05) is 18.6 Å². The monoisotopic (exact) mass is 230 g/mol. The van der Waals surface area contributed by atoms with E-state index in [0.29, 0.717) is 5.88 Å². The van der Waals surface area contributed by atoms with E-state index in [1.165, 1.54) is 0 Å². The highest BCUT2D eigenvalue weighted by Crippen LogP contribution is 2.24. The molecule has 0 bridgehead atoms. The van der Waals surface area contributed by atoms with Gasteiger partial charge in [-0.15, -0.1) is 11.6 Å². The summed E-state index contributed by atoms with van der Waals surface area (Å²) < 4.78 is 5.69. The maximum Gasteiger partial charge on any atom is 0.126 e. The molecule has 0 spiro atoms. The van der Waals surface area contributed by atoms with E-state index in [1.54, 1.807) is 11.8 Å². The van der Waals surface area contributed by atoms with Gasteiger partial charge in [-0.05, 0) is 18.7 Å². The van der Waals surface area contributed by atoms with E-state index in [9.17, 15) is 0 Å². The molecule has 0 aliphatic rings. The molecule has 0 atom stereocenters. The van der Waals surface area contributed by atoms with Gasteiger partial charge in [0.2, 0.25) is 0 Å². The lowest BCUT2D eigenvalue weighted by Gasteiger charge is -2.11. The highest BCUT2D eigenvalue weighted by Gasteiger charge is 2.05. The average Bonchev–Trinajstić information content (AvgIpc) is 2.20. The van der Waals surface area contributed by atoms with Gasteiger partial charge < -0.3 is 4.74 Å². The summed E-state index contributed by atoms with van der Waals surface area (Å²) in [5.41, 5.74) is 2.23. The van der Waals surface area contributed by atoms with Gasteiger partial charge in [-0.2, -0.15) is 11.8 Å². The highest BCUT2D eigenvalue weighted by atomic mass is 35.5. The minimum atomic E-state index is 0.510. The Morgan fingerprint density at radius 3 is 2.86 bits per heavy atom. The van der Waals surface area contributed by atoms with Gasteiger partial charge in [-0.3, -0.25) is 0 Å². The summed E-state index contributed by atoms with van der Waals surface area (Å²) in [5, 5.41) is 0. The van der Waals surface area contributed by atoms with Gasteiger partial charge in [0.15, 0.2) is 0 Å². The van der Waals surface area contributed by atoms with Crippen LogP contribution in [0.2, 0.25) is 0 Å². The van der Waals surface area contributed by atoms with E-state index in [2.05, 4.69) is 6.26 Å². The molecule has 1 aromatic carbocycles. The number of hydrogen-bond acceptors (Lipinski definition) is 2. The number of thioether (sulfide) groups is 1. The molecule has 78 valence electrons. The van der Waals surface area contributed by atoms with Gasteiger partial charge >= 0.3 is 0 Å². The van der Waals surface area contributed by atoms with E-state index in [1.807, 2.05) is 25.1 Å². The molecule has 3 heteroatoms. The van der Waals surface area contributed by atoms with Crippen LogP contribution in [0.25, 0.3) is 0 Å². The highest BCUT2D eigenvalue weighted by molar-refractivity contribution is 7.98. The molecule has 0 radical (unpaired) electrons. The Kier molecular flexibility index (Phi) is 5.20. The number of halogens is 1. The standard InChI is InChI=1S/C11H15ClOS/c1-9-4-3-5-10(8-12)11(9)13-6-7-14-2/h3-5H,6-8H2,1-2H3. The predicted octanol–water partition coefficient (Wildman–Crippen LogP) is 3.48. The summed E-state index contributed by atoms with van der Waals surface area (Å²) in [7, 11) is 0. The van der Waals surface area contributed by atoms with E-state index in [4.69, 9.17) is 16.3 Å². The summed E-state index contributed by atoms with van der Waals surface area (Å²) >= 11 is 7.61. The Bertz CT molecular complexity index is 289. The van der Waals surface area contributed by atoms with Crippen molar-refractivity contribution in [1.82, 2.24) is 0 Å². The van der Waals surface area contributed by atoms with Crippen LogP contribution in [-0.2, 0) is 5.88 Å². The molecular formula is C11H15ClOS. The van der Waals surface area contributed by atoms with Crippen LogP contribution in [0.1, 0.15) is 11.1 Å². The van der Waals surface area contributed by atoms with Crippen LogP contribution in [0.15, 0.2) is 18.2 Å². The average molecular weight is 231 g/mol. The van der Waals surface area contributed by atoms with Crippen molar-refractivity contribution in [3.63, 3.8) is 0 Å². The van der Waals surface area contributed by atoms with E-state index >= 15 is 0 Å². The number of ether oxygens (including phenoxy) is 1. The number of hydrogen-bond donors (Lipinski definition) is 0. The number of aryl methyl sites for hydroxylation is 1. The first-order valence-electron chi connectivity index (χ1n) is 4.55. The molecule has 14 heavy (non-hydrogen) atoms. The lowest BCUT2D eigenvalue weighted by Crippen LogP contribution is -2.03. The topological polar surface area (TPSA) is 9.23 Å². The van der Waals surface area contributed by atoms with Gasteiger partial charge in [-0.25, -0.2) is 0 Å². The maximum absolute atomic E-state index is 5.83. The first-order chi connectivity index (χ1) is 6.79. The minimum Gasteiger partial charge on any atom is -0.492 e. The Balaban J connectivity index is 2.72. The van der Waals surface area contributed by atoms with Gasteiger partial charge in [0, 0.05) is 11.3 Å². The zero-order chi connectivity index (χ0) is 10.4. The van der Waals surface area contributed by atoms with Crippen molar-refractivity contribution in [2.45, 2.75) is 12.8 Å². The fraction of sp³-hybridized carbons (Fsp3) is 0.455. The molecule has 0 saturated carbocycles. The zero-order valence-electron chi connectivity index (χ0n) is 8.55. The zero-order valence-corrected chi connectivity index (χ0v) is 10.1. The summed E-state index contributed by atoms with van der Waals surface area (Å²) in [6.45, 7) is 2.79. The molecule has 0 aromatic heterocycles. The normalized spacial score (nSPS) is 10.2. The predicted molar refractivity (Wildman–Crippen MR) is 64.6 cm³/mol. The second kappa shape index (κ2) is 6.20. The molecule has 0 fully saturated rings. The van der Waals surface area contributed by atoms with Gasteiger partial charge in [0.25, 0.3) is 0 Å². The third-order valence-corrected chi connectivity index (χ3v) is 2.83. The molecule has 1 rings (SSSR count). The molecule has 1 nitrogen and oxygen atoms in total. The van der Waals surface area contributed by atoms with Gasteiger partial charge in [-0.1, -0.05) is 18.2 Å². The lowest BCUT2D eigenvalue weighted by molar-refractivity contribution is 0.339. The van der Waals surface area contributed by atoms with Gasteiger partial charge in [0.05, 0.1) is 12.5 Å². The third-order valence-electron chi connectivity index (χ3n) is 1.97. The van der Waals surface area contributed by atoms with Crippen LogP contribution in [0.3, 0.4) is 0 Å². The number of benzene rings is 1.